The molecule has 0 aromatic heterocycles. The molecule has 0 spiro atoms. The zero-order valence-electron chi connectivity index (χ0n) is 12.3. The van der Waals surface area contributed by atoms with Crippen molar-refractivity contribution in [3.63, 3.8) is 0 Å². The molecule has 0 radical (unpaired) electrons. The van der Waals surface area contributed by atoms with Crippen molar-refractivity contribution < 1.29 is 18.9 Å². The molecule has 2 aromatic carbocycles. The molecule has 0 unspecified atom stereocenters. The van der Waals surface area contributed by atoms with Crippen molar-refractivity contribution in [1.29, 1.82) is 0 Å². The average molecular weight is 366 g/mol. The molecule has 2 aromatic rings. The molecule has 116 valence electrons. The Morgan fingerprint density at radius 2 is 1.77 bits per heavy atom. The number of ether oxygens (including phenoxy) is 4. The average Bonchev–Trinajstić information content (AvgIpc) is 3.01. The summed E-state index contributed by atoms with van der Waals surface area (Å²) in [4.78, 5) is 0. The van der Waals surface area contributed by atoms with Gasteiger partial charge in [-0.25, -0.2) is 0 Å². The van der Waals surface area contributed by atoms with Gasteiger partial charge in [-0.15, -0.1) is 0 Å². The van der Waals surface area contributed by atoms with Gasteiger partial charge in [-0.05, 0) is 29.8 Å². The van der Waals surface area contributed by atoms with Gasteiger partial charge < -0.3 is 24.3 Å². The summed E-state index contributed by atoms with van der Waals surface area (Å²) in [6, 6.07) is 9.63. The van der Waals surface area contributed by atoms with Gasteiger partial charge in [0.2, 0.25) is 6.79 Å². The lowest BCUT2D eigenvalue weighted by atomic mass is 10.2. The fourth-order valence-corrected chi connectivity index (χ4v) is 2.70. The van der Waals surface area contributed by atoms with Crippen LogP contribution >= 0.6 is 15.9 Å². The topological polar surface area (TPSA) is 49.0 Å². The highest BCUT2D eigenvalue weighted by Gasteiger charge is 2.14. The minimum atomic E-state index is 0.278. The molecule has 0 amide bonds. The highest BCUT2D eigenvalue weighted by atomic mass is 79.9. The number of halogens is 1. The molecule has 0 saturated heterocycles. The van der Waals surface area contributed by atoms with Crippen molar-refractivity contribution in [1.82, 2.24) is 0 Å². The molecular formula is C16H16BrNO4. The first-order chi connectivity index (χ1) is 10.7. The lowest BCUT2D eigenvalue weighted by Crippen LogP contribution is -2.01. The Hall–Kier alpha value is -2.08. The second-order valence-electron chi connectivity index (χ2n) is 4.72. The molecule has 0 fully saturated rings. The maximum Gasteiger partial charge on any atom is 0.231 e. The number of nitrogens with one attached hydrogen (secondary N) is 1. The maximum absolute atomic E-state index is 5.37. The van der Waals surface area contributed by atoms with E-state index in [0.29, 0.717) is 18.0 Å². The van der Waals surface area contributed by atoms with E-state index in [-0.39, 0.29) is 6.79 Å². The molecule has 0 aliphatic carbocycles. The van der Waals surface area contributed by atoms with Crippen molar-refractivity contribution in [3.8, 4) is 23.0 Å². The summed E-state index contributed by atoms with van der Waals surface area (Å²) in [6.45, 7) is 0.917. The molecule has 5 nitrogen and oxygen atoms in total. The monoisotopic (exact) mass is 365 g/mol. The normalized spacial score (nSPS) is 12.1. The number of benzene rings is 2. The maximum atomic E-state index is 5.37. The standard InChI is InChI=1S/C16H16BrNO4/c1-19-14-5-10(12(17)7-15(14)20-2)8-18-11-3-4-13-16(6-11)22-9-21-13/h3-7,18H,8-9H2,1-2H3. The van der Waals surface area contributed by atoms with Gasteiger partial charge in [0.05, 0.1) is 14.2 Å². The number of methoxy groups -OCH3 is 2. The van der Waals surface area contributed by atoms with Crippen LogP contribution in [0.2, 0.25) is 0 Å². The summed E-state index contributed by atoms with van der Waals surface area (Å²) in [5.41, 5.74) is 2.03. The lowest BCUT2D eigenvalue weighted by Gasteiger charge is -2.13. The molecule has 1 aliphatic rings. The number of hydrogen-bond acceptors (Lipinski definition) is 5. The first-order valence-electron chi connectivity index (χ1n) is 6.75. The van der Waals surface area contributed by atoms with E-state index in [9.17, 15) is 0 Å². The molecule has 0 saturated carbocycles. The highest BCUT2D eigenvalue weighted by Crippen LogP contribution is 2.36. The Bertz CT molecular complexity index is 690. The van der Waals surface area contributed by atoms with E-state index in [1.165, 1.54) is 0 Å². The van der Waals surface area contributed by atoms with Crippen LogP contribution in [-0.2, 0) is 6.54 Å². The zero-order chi connectivity index (χ0) is 15.5. The molecule has 1 N–H and O–H groups in total. The minimum absolute atomic E-state index is 0.278. The van der Waals surface area contributed by atoms with E-state index in [1.807, 2.05) is 30.3 Å². The number of anilines is 1. The fraction of sp³-hybridized carbons (Fsp3) is 0.250. The fourth-order valence-electron chi connectivity index (χ4n) is 2.24. The van der Waals surface area contributed by atoms with E-state index in [2.05, 4.69) is 21.2 Å². The second kappa shape index (κ2) is 6.36. The van der Waals surface area contributed by atoms with Crippen LogP contribution < -0.4 is 24.3 Å². The van der Waals surface area contributed by atoms with Crippen molar-refractivity contribution in [2.75, 3.05) is 26.3 Å². The van der Waals surface area contributed by atoms with Gasteiger partial charge in [0, 0.05) is 22.8 Å². The van der Waals surface area contributed by atoms with Crippen molar-refractivity contribution in [3.05, 3.63) is 40.4 Å². The van der Waals surface area contributed by atoms with E-state index in [1.54, 1.807) is 14.2 Å². The molecule has 0 atom stereocenters. The van der Waals surface area contributed by atoms with Gasteiger partial charge in [-0.1, -0.05) is 15.9 Å². The summed E-state index contributed by atoms with van der Waals surface area (Å²) >= 11 is 3.55. The number of rotatable bonds is 5. The Kier molecular flexibility index (Phi) is 4.29. The SMILES string of the molecule is COc1cc(Br)c(CNc2ccc3c(c2)OCO3)cc1OC. The largest absolute Gasteiger partial charge is 0.493 e. The van der Waals surface area contributed by atoms with Crippen LogP contribution in [0.3, 0.4) is 0 Å². The molecule has 6 heteroatoms. The zero-order valence-corrected chi connectivity index (χ0v) is 13.9. The van der Waals surface area contributed by atoms with Crippen LogP contribution in [0.25, 0.3) is 0 Å². The van der Waals surface area contributed by atoms with Crippen LogP contribution in [-0.4, -0.2) is 21.0 Å². The van der Waals surface area contributed by atoms with E-state index in [4.69, 9.17) is 18.9 Å². The van der Waals surface area contributed by atoms with Gasteiger partial charge in [0.1, 0.15) is 0 Å². The quantitative estimate of drug-likeness (QED) is 0.872. The van der Waals surface area contributed by atoms with Crippen LogP contribution in [0.4, 0.5) is 5.69 Å². The van der Waals surface area contributed by atoms with Gasteiger partial charge in [0.15, 0.2) is 23.0 Å². The van der Waals surface area contributed by atoms with E-state index >= 15 is 0 Å². The predicted octanol–water partition coefficient (Wildman–Crippen LogP) is 3.81. The third-order valence-corrected chi connectivity index (χ3v) is 4.15. The van der Waals surface area contributed by atoms with E-state index in [0.717, 1.165) is 27.2 Å². The highest BCUT2D eigenvalue weighted by molar-refractivity contribution is 9.10. The van der Waals surface area contributed by atoms with Crippen molar-refractivity contribution in [2.24, 2.45) is 0 Å². The molecule has 3 rings (SSSR count). The molecule has 1 aliphatic heterocycles. The van der Waals surface area contributed by atoms with Crippen molar-refractivity contribution in [2.45, 2.75) is 6.54 Å². The molecule has 0 bridgehead atoms. The summed E-state index contributed by atoms with van der Waals surface area (Å²) in [5, 5.41) is 3.36. The Labute approximate surface area is 137 Å². The summed E-state index contributed by atoms with van der Waals surface area (Å²) in [7, 11) is 3.25. The summed E-state index contributed by atoms with van der Waals surface area (Å²) in [5.74, 6) is 2.93. The summed E-state index contributed by atoms with van der Waals surface area (Å²) in [6.07, 6.45) is 0. The molecule has 22 heavy (non-hydrogen) atoms. The van der Waals surface area contributed by atoms with Crippen LogP contribution in [0.15, 0.2) is 34.8 Å². The Balaban J connectivity index is 1.76. The van der Waals surface area contributed by atoms with Gasteiger partial charge in [-0.2, -0.15) is 0 Å². The van der Waals surface area contributed by atoms with E-state index < -0.39 is 0 Å². The number of hydrogen-bond donors (Lipinski definition) is 1. The van der Waals surface area contributed by atoms with Gasteiger partial charge >= 0.3 is 0 Å². The third kappa shape index (κ3) is 2.92. The summed E-state index contributed by atoms with van der Waals surface area (Å²) < 4.78 is 22.2. The van der Waals surface area contributed by atoms with Crippen LogP contribution in [0.5, 0.6) is 23.0 Å². The smallest absolute Gasteiger partial charge is 0.231 e. The molecule has 1 heterocycles. The Morgan fingerprint density at radius 3 is 2.55 bits per heavy atom. The predicted molar refractivity (Wildman–Crippen MR) is 87.1 cm³/mol. The van der Waals surface area contributed by atoms with Crippen molar-refractivity contribution >= 4 is 21.6 Å². The lowest BCUT2D eigenvalue weighted by molar-refractivity contribution is 0.174. The Morgan fingerprint density at radius 1 is 1.05 bits per heavy atom. The first-order valence-corrected chi connectivity index (χ1v) is 7.54. The van der Waals surface area contributed by atoms with Crippen LogP contribution in [0, 0.1) is 0 Å². The third-order valence-electron chi connectivity index (χ3n) is 3.41. The molecular weight excluding hydrogens is 350 g/mol. The number of fused-ring (bicyclic) bond motifs is 1. The minimum Gasteiger partial charge on any atom is -0.493 e. The van der Waals surface area contributed by atoms with Gasteiger partial charge in [-0.3, -0.25) is 0 Å². The van der Waals surface area contributed by atoms with Crippen LogP contribution in [0.1, 0.15) is 5.56 Å². The van der Waals surface area contributed by atoms with Gasteiger partial charge in [0.25, 0.3) is 0 Å². The first kappa shape index (κ1) is 14.8. The second-order valence-corrected chi connectivity index (χ2v) is 5.57.